The maximum absolute atomic E-state index is 13.5. The highest BCUT2D eigenvalue weighted by atomic mass is 19.4. The van der Waals surface area contributed by atoms with Crippen molar-refractivity contribution in [1.82, 2.24) is 30.1 Å². The minimum absolute atomic E-state index is 0.0872. The van der Waals surface area contributed by atoms with Crippen molar-refractivity contribution in [2.75, 3.05) is 56.6 Å². The predicted molar refractivity (Wildman–Crippen MR) is 210 cm³/mol. The fourth-order valence-corrected chi connectivity index (χ4v) is 6.17. The average Bonchev–Trinajstić information content (AvgIpc) is 3.92. The van der Waals surface area contributed by atoms with E-state index in [2.05, 4.69) is 48.9 Å². The molecule has 17 heteroatoms. The number of likely N-dealkylation sites (tertiary alicyclic amines) is 1. The van der Waals surface area contributed by atoms with Crippen LogP contribution in [0.4, 0.5) is 29.5 Å². The van der Waals surface area contributed by atoms with Crippen LogP contribution in [0.5, 0.6) is 5.75 Å². The monoisotopic (exact) mass is 794 g/mol. The zero-order chi connectivity index (χ0) is 41.5. The lowest BCUT2D eigenvalue weighted by Crippen LogP contribution is -2.46. The largest absolute Gasteiger partial charge is 0.573 e. The summed E-state index contributed by atoms with van der Waals surface area (Å²) in [7, 11) is 1.21. The number of halogens is 3. The van der Waals surface area contributed by atoms with Crippen molar-refractivity contribution in [2.45, 2.75) is 59.4 Å². The minimum Gasteiger partial charge on any atom is -0.453 e. The van der Waals surface area contributed by atoms with Gasteiger partial charge >= 0.3 is 12.5 Å². The lowest BCUT2D eigenvalue weighted by Gasteiger charge is -2.33. The molecule has 57 heavy (non-hydrogen) atoms. The van der Waals surface area contributed by atoms with Crippen LogP contribution in [0.3, 0.4) is 0 Å². The van der Waals surface area contributed by atoms with Gasteiger partial charge in [0.05, 0.1) is 30.6 Å². The van der Waals surface area contributed by atoms with E-state index >= 15 is 0 Å². The summed E-state index contributed by atoms with van der Waals surface area (Å²) in [5.41, 5.74) is 2.22. The number of rotatable bonds is 10. The second-order valence-electron chi connectivity index (χ2n) is 12.8. The third-order valence-corrected chi connectivity index (χ3v) is 8.82. The molecule has 2 saturated heterocycles. The molecule has 1 unspecified atom stereocenters. The number of carbonyl (C=O) groups excluding carboxylic acids is 4. The zero-order valence-electron chi connectivity index (χ0n) is 32.7. The molecule has 306 valence electrons. The van der Waals surface area contributed by atoms with Crippen LogP contribution < -0.4 is 20.3 Å². The number of hydrogen-bond donors (Lipinski definition) is 3. The van der Waals surface area contributed by atoms with Crippen LogP contribution in [-0.2, 0) is 14.3 Å². The fraction of sp³-hybridized carbons (Fsp3) is 0.400. The smallest absolute Gasteiger partial charge is 0.453 e. The van der Waals surface area contributed by atoms with E-state index < -0.39 is 24.1 Å². The normalized spacial score (nSPS) is 15.0. The maximum atomic E-state index is 13.5. The number of amides is 4. The summed E-state index contributed by atoms with van der Waals surface area (Å²) >= 11 is 0. The Hall–Kier alpha value is -6.13. The summed E-state index contributed by atoms with van der Waals surface area (Å²) in [4.78, 5) is 65.5. The molecule has 2 aromatic carbocycles. The van der Waals surface area contributed by atoms with Crippen molar-refractivity contribution in [1.29, 1.82) is 0 Å². The molecular weight excluding hydrogens is 745 g/mol. The van der Waals surface area contributed by atoms with E-state index in [9.17, 15) is 32.3 Å². The van der Waals surface area contributed by atoms with E-state index in [1.807, 2.05) is 18.7 Å². The van der Waals surface area contributed by atoms with Crippen LogP contribution in [0.2, 0.25) is 0 Å². The van der Waals surface area contributed by atoms with E-state index in [0.717, 1.165) is 18.9 Å². The number of ether oxygens (including phenoxy) is 2. The number of imidazole rings is 1. The van der Waals surface area contributed by atoms with Gasteiger partial charge < -0.3 is 39.8 Å². The zero-order valence-corrected chi connectivity index (χ0v) is 32.7. The Morgan fingerprint density at radius 1 is 0.930 bits per heavy atom. The van der Waals surface area contributed by atoms with Gasteiger partial charge in [-0.2, -0.15) is 0 Å². The molecule has 2 aliphatic rings. The van der Waals surface area contributed by atoms with Crippen molar-refractivity contribution >= 4 is 35.8 Å². The topological polar surface area (TPSA) is 162 Å². The van der Waals surface area contributed by atoms with E-state index in [1.165, 1.54) is 31.9 Å². The summed E-state index contributed by atoms with van der Waals surface area (Å²) in [6, 6.07) is 13.7. The van der Waals surface area contributed by atoms with Gasteiger partial charge in [-0.25, -0.2) is 14.8 Å². The number of anilines is 2. The van der Waals surface area contributed by atoms with Crippen molar-refractivity contribution in [3.63, 3.8) is 0 Å². The molecule has 0 saturated carbocycles. The van der Waals surface area contributed by atoms with Gasteiger partial charge in [0, 0.05) is 56.2 Å². The summed E-state index contributed by atoms with van der Waals surface area (Å²) in [6.45, 7) is 10.9. The minimum atomic E-state index is -4.99. The number of methoxy groups -OCH3 is 1. The Morgan fingerprint density at radius 3 is 2.23 bits per heavy atom. The Labute approximate surface area is 329 Å². The average molecular weight is 795 g/mol. The second-order valence-corrected chi connectivity index (χ2v) is 12.8. The molecule has 4 amide bonds. The number of hydrogen-bond acceptors (Lipinski definition) is 9. The number of nitrogens with one attached hydrogen (secondary N) is 3. The first kappa shape index (κ1) is 43.6. The van der Waals surface area contributed by atoms with Crippen LogP contribution >= 0.6 is 0 Å². The van der Waals surface area contributed by atoms with Gasteiger partial charge in [-0.05, 0) is 48.2 Å². The van der Waals surface area contributed by atoms with E-state index in [1.54, 1.807) is 52.4 Å². The first-order valence-corrected chi connectivity index (χ1v) is 18.8. The van der Waals surface area contributed by atoms with Gasteiger partial charge in [0.15, 0.2) is 0 Å². The van der Waals surface area contributed by atoms with Crippen molar-refractivity contribution in [3.05, 3.63) is 78.4 Å². The molecule has 6 rings (SSSR count). The van der Waals surface area contributed by atoms with Gasteiger partial charge in [0.2, 0.25) is 12.3 Å². The second kappa shape index (κ2) is 20.7. The van der Waals surface area contributed by atoms with E-state index in [0.29, 0.717) is 67.6 Å². The molecule has 3 N–H and O–H groups in total. The van der Waals surface area contributed by atoms with Gasteiger partial charge in [-0.3, -0.25) is 14.4 Å². The number of alkyl halides is 3. The Balaban J connectivity index is 0.00000137. The van der Waals surface area contributed by atoms with Crippen molar-refractivity contribution in [3.8, 4) is 28.1 Å². The summed E-state index contributed by atoms with van der Waals surface area (Å²) in [5.74, 6) is -0.127. The summed E-state index contributed by atoms with van der Waals surface area (Å²) in [6.07, 6.45) is 0.803. The molecule has 14 nitrogen and oxygen atoms in total. The number of alkyl carbamates (subject to hydrolysis) is 1. The van der Waals surface area contributed by atoms with Crippen LogP contribution in [-0.4, -0.2) is 102 Å². The molecule has 4 aromatic rings. The third-order valence-electron chi connectivity index (χ3n) is 8.82. The molecule has 0 bridgehead atoms. The molecule has 0 aliphatic carbocycles. The van der Waals surface area contributed by atoms with Gasteiger partial charge in [-0.15, -0.1) is 13.2 Å². The maximum Gasteiger partial charge on any atom is 0.573 e. The van der Waals surface area contributed by atoms with E-state index in [-0.39, 0.29) is 35.3 Å². The molecule has 0 radical (unpaired) electrons. The number of benzene rings is 2. The number of carbonyl (C=O) groups is 4. The fourth-order valence-electron chi connectivity index (χ4n) is 6.17. The number of piperazine rings is 1. The van der Waals surface area contributed by atoms with Crippen LogP contribution in [0, 0.1) is 0 Å². The third kappa shape index (κ3) is 11.9. The SMILES string of the molecule is CC.CCC.COC(=O)NCC(=O)N1CCCC1c1ncc(-c2ccc(-c3ccc(NC(=O)c4ccc(N5CCN(C=O)CC5)nc4)cc3OC(F)(F)F)cc2)[nH]1. The predicted octanol–water partition coefficient (Wildman–Crippen LogP) is 7.03. The molecule has 1 atom stereocenters. The molecule has 2 aliphatic heterocycles. The summed E-state index contributed by atoms with van der Waals surface area (Å²) in [5, 5.41) is 5.01. The standard InChI is InChI=1S/C35H35F3N8O6.C3H8.C2H6/c1-51-34(50)41-20-31(48)46-12-2-3-28(46)32-40-19-27(43-32)23-6-4-22(5-7-23)26-10-9-25(17-29(26)52-35(36,37)38)42-33(49)24-8-11-30(39-18-24)45-15-13-44(21-47)14-16-45;1-3-2;1-2/h4-11,17-19,21,28H,2-3,12-16,20H2,1H3,(H,40,43)(H,41,50)(H,42,49);3H2,1-2H3;1-2H3. The highest BCUT2D eigenvalue weighted by Gasteiger charge is 2.33. The summed E-state index contributed by atoms with van der Waals surface area (Å²) < 4.78 is 49.5. The number of nitrogens with zero attached hydrogens (tertiary/aromatic N) is 5. The molecule has 2 aromatic heterocycles. The quantitative estimate of drug-likeness (QED) is 0.143. The Kier molecular flexibility index (Phi) is 15.8. The Bertz CT molecular complexity index is 1930. The number of aromatic nitrogens is 3. The number of H-pyrrole nitrogens is 1. The first-order valence-electron chi connectivity index (χ1n) is 18.8. The molecule has 0 spiro atoms. The number of pyridine rings is 1. The highest BCUT2D eigenvalue weighted by molar-refractivity contribution is 6.04. The highest BCUT2D eigenvalue weighted by Crippen LogP contribution is 2.37. The number of aromatic amines is 1. The molecule has 2 fully saturated rings. The molecular formula is C40H49F3N8O6. The van der Waals surface area contributed by atoms with Crippen LogP contribution in [0.1, 0.15) is 69.2 Å². The Morgan fingerprint density at radius 2 is 1.61 bits per heavy atom. The van der Waals surface area contributed by atoms with Gasteiger partial charge in [0.25, 0.3) is 5.91 Å². The van der Waals surface area contributed by atoms with Gasteiger partial charge in [-0.1, -0.05) is 58.4 Å². The first-order chi connectivity index (χ1) is 27.4. The van der Waals surface area contributed by atoms with Gasteiger partial charge in [0.1, 0.15) is 23.9 Å². The van der Waals surface area contributed by atoms with Crippen molar-refractivity contribution < 1.29 is 41.8 Å². The van der Waals surface area contributed by atoms with Crippen LogP contribution in [0.25, 0.3) is 22.4 Å². The molecule has 4 heterocycles. The van der Waals surface area contributed by atoms with Crippen LogP contribution in [0.15, 0.2) is 67.0 Å². The lowest BCUT2D eigenvalue weighted by atomic mass is 10.0. The van der Waals surface area contributed by atoms with Crippen molar-refractivity contribution in [2.24, 2.45) is 0 Å². The lowest BCUT2D eigenvalue weighted by molar-refractivity contribution is -0.274. The van der Waals surface area contributed by atoms with E-state index in [4.69, 9.17) is 0 Å².